The predicted molar refractivity (Wildman–Crippen MR) is 69.0 cm³/mol. The van der Waals surface area contributed by atoms with Crippen LogP contribution in [0.1, 0.15) is 19.4 Å². The van der Waals surface area contributed by atoms with Gasteiger partial charge in [0.25, 0.3) is 0 Å². The molecule has 0 saturated heterocycles. The van der Waals surface area contributed by atoms with Crippen molar-refractivity contribution >= 4 is 5.69 Å². The third kappa shape index (κ3) is 5.38. The number of alkyl halides is 3. The third-order valence-electron chi connectivity index (χ3n) is 2.76. The zero-order chi connectivity index (χ0) is 14.5. The van der Waals surface area contributed by atoms with Crippen molar-refractivity contribution in [3.05, 3.63) is 23.8 Å². The Balaban J connectivity index is 2.85. The summed E-state index contributed by atoms with van der Waals surface area (Å²) in [6.45, 7) is 4.83. The molecule has 0 bridgehead atoms. The Hall–Kier alpha value is -1.43. The molecule has 3 nitrogen and oxygen atoms in total. The molecule has 0 amide bonds. The first kappa shape index (κ1) is 15.6. The van der Waals surface area contributed by atoms with Crippen molar-refractivity contribution in [2.24, 2.45) is 0 Å². The Morgan fingerprint density at radius 3 is 2.37 bits per heavy atom. The highest BCUT2D eigenvalue weighted by Crippen LogP contribution is 2.25. The lowest BCUT2D eigenvalue weighted by Gasteiger charge is -2.20. The van der Waals surface area contributed by atoms with Crippen molar-refractivity contribution < 1.29 is 17.9 Å². The van der Waals surface area contributed by atoms with Crippen LogP contribution < -0.4 is 10.5 Å². The van der Waals surface area contributed by atoms with E-state index in [1.807, 2.05) is 13.8 Å². The number of benzene rings is 1. The maximum absolute atomic E-state index is 12.2. The fraction of sp³-hybridized carbons (Fsp3) is 0.538. The van der Waals surface area contributed by atoms with Crippen LogP contribution in [0.25, 0.3) is 0 Å². The number of anilines is 1. The van der Waals surface area contributed by atoms with Crippen LogP contribution in [0, 0.1) is 0 Å². The Morgan fingerprint density at radius 2 is 1.84 bits per heavy atom. The number of halogens is 3. The average molecular weight is 276 g/mol. The summed E-state index contributed by atoms with van der Waals surface area (Å²) < 4.78 is 41.4. The van der Waals surface area contributed by atoms with Gasteiger partial charge in [0.2, 0.25) is 0 Å². The van der Waals surface area contributed by atoms with E-state index in [9.17, 15) is 13.2 Å². The minimum absolute atomic E-state index is 0.235. The fourth-order valence-electron chi connectivity index (χ4n) is 1.71. The Labute approximate surface area is 111 Å². The van der Waals surface area contributed by atoms with Crippen molar-refractivity contribution in [2.45, 2.75) is 26.6 Å². The molecule has 0 fully saturated rings. The summed E-state index contributed by atoms with van der Waals surface area (Å²) in [5.74, 6) is 0.235. The van der Waals surface area contributed by atoms with E-state index in [-0.39, 0.29) is 5.75 Å². The fourth-order valence-corrected chi connectivity index (χ4v) is 1.71. The van der Waals surface area contributed by atoms with Gasteiger partial charge in [0.05, 0.1) is 0 Å². The van der Waals surface area contributed by atoms with Gasteiger partial charge in [-0.25, -0.2) is 0 Å². The quantitative estimate of drug-likeness (QED) is 0.812. The van der Waals surface area contributed by atoms with Crippen LogP contribution in [0.4, 0.5) is 18.9 Å². The lowest BCUT2D eigenvalue weighted by atomic mass is 10.1. The second-order valence-electron chi connectivity index (χ2n) is 4.23. The largest absolute Gasteiger partial charge is 0.484 e. The molecule has 0 radical (unpaired) electrons. The summed E-state index contributed by atoms with van der Waals surface area (Å²) in [5.41, 5.74) is 6.86. The number of rotatable bonds is 6. The highest BCUT2D eigenvalue weighted by atomic mass is 19.4. The summed E-state index contributed by atoms with van der Waals surface area (Å²) in [6, 6.07) is 4.68. The second-order valence-corrected chi connectivity index (χ2v) is 4.23. The number of hydrogen-bond acceptors (Lipinski definition) is 3. The van der Waals surface area contributed by atoms with Gasteiger partial charge in [-0.3, -0.25) is 4.90 Å². The maximum Gasteiger partial charge on any atom is 0.422 e. The molecule has 1 rings (SSSR count). The lowest BCUT2D eigenvalue weighted by Crippen LogP contribution is -2.24. The van der Waals surface area contributed by atoms with E-state index in [1.54, 1.807) is 6.07 Å². The van der Waals surface area contributed by atoms with Gasteiger partial charge in [-0.1, -0.05) is 13.8 Å². The van der Waals surface area contributed by atoms with Crippen LogP contribution in [0.2, 0.25) is 0 Å². The number of ether oxygens (including phenoxy) is 1. The van der Waals surface area contributed by atoms with E-state index in [4.69, 9.17) is 10.5 Å². The van der Waals surface area contributed by atoms with Crippen molar-refractivity contribution in [1.82, 2.24) is 4.90 Å². The molecule has 1 aromatic carbocycles. The number of nitrogen functional groups attached to an aromatic ring is 1. The Bertz CT molecular complexity index is 403. The monoisotopic (exact) mass is 276 g/mol. The SMILES string of the molecule is CCN(CC)Cc1cc(N)ccc1OCC(F)(F)F. The third-order valence-corrected chi connectivity index (χ3v) is 2.76. The first-order chi connectivity index (χ1) is 8.85. The summed E-state index contributed by atoms with van der Waals surface area (Å²) in [4.78, 5) is 2.08. The molecule has 0 unspecified atom stereocenters. The highest BCUT2D eigenvalue weighted by Gasteiger charge is 2.28. The zero-order valence-electron chi connectivity index (χ0n) is 11.1. The van der Waals surface area contributed by atoms with Gasteiger partial charge < -0.3 is 10.5 Å². The molecule has 0 aliphatic carbocycles. The van der Waals surface area contributed by atoms with Crippen molar-refractivity contribution in [3.8, 4) is 5.75 Å². The summed E-state index contributed by atoms with van der Waals surface area (Å²) in [7, 11) is 0. The molecule has 108 valence electrons. The summed E-state index contributed by atoms with van der Waals surface area (Å²) in [5, 5.41) is 0. The van der Waals surface area contributed by atoms with Gasteiger partial charge in [0, 0.05) is 17.8 Å². The standard InChI is InChI=1S/C13H19F3N2O/c1-3-18(4-2)8-10-7-11(17)5-6-12(10)19-9-13(14,15)16/h5-7H,3-4,8-9,17H2,1-2H3. The zero-order valence-corrected chi connectivity index (χ0v) is 11.1. The number of nitrogens with zero attached hydrogens (tertiary/aromatic N) is 1. The molecular formula is C13H19F3N2O. The first-order valence-corrected chi connectivity index (χ1v) is 6.16. The first-order valence-electron chi connectivity index (χ1n) is 6.16. The van der Waals surface area contributed by atoms with Gasteiger partial charge in [0.1, 0.15) is 5.75 Å². The van der Waals surface area contributed by atoms with Gasteiger partial charge >= 0.3 is 6.18 Å². The molecule has 0 heterocycles. The van der Waals surface area contributed by atoms with E-state index < -0.39 is 12.8 Å². The smallest absolute Gasteiger partial charge is 0.422 e. The number of nitrogens with two attached hydrogens (primary N) is 1. The van der Waals surface area contributed by atoms with E-state index in [0.29, 0.717) is 17.8 Å². The van der Waals surface area contributed by atoms with Gasteiger partial charge in [0.15, 0.2) is 6.61 Å². The molecule has 0 saturated carbocycles. The van der Waals surface area contributed by atoms with Crippen LogP contribution in [-0.4, -0.2) is 30.8 Å². The minimum Gasteiger partial charge on any atom is -0.484 e. The van der Waals surface area contributed by atoms with Crippen molar-refractivity contribution in [1.29, 1.82) is 0 Å². The second kappa shape index (κ2) is 6.65. The van der Waals surface area contributed by atoms with E-state index in [0.717, 1.165) is 13.1 Å². The maximum atomic E-state index is 12.2. The van der Waals surface area contributed by atoms with Crippen LogP contribution >= 0.6 is 0 Å². The van der Waals surface area contributed by atoms with Crippen molar-refractivity contribution in [3.63, 3.8) is 0 Å². The summed E-state index contributed by atoms with van der Waals surface area (Å²) >= 11 is 0. The molecule has 2 N–H and O–H groups in total. The van der Waals surface area contributed by atoms with E-state index in [2.05, 4.69) is 4.90 Å². The molecule has 6 heteroatoms. The van der Waals surface area contributed by atoms with Gasteiger partial charge in [-0.2, -0.15) is 13.2 Å². The average Bonchev–Trinajstić information content (AvgIpc) is 2.33. The predicted octanol–water partition coefficient (Wildman–Crippen LogP) is 3.05. The molecule has 0 aliphatic rings. The van der Waals surface area contributed by atoms with Crippen LogP contribution in [0.3, 0.4) is 0 Å². The van der Waals surface area contributed by atoms with Crippen LogP contribution in [-0.2, 0) is 6.54 Å². The normalized spacial score (nSPS) is 11.9. The Morgan fingerprint density at radius 1 is 1.21 bits per heavy atom. The van der Waals surface area contributed by atoms with E-state index in [1.165, 1.54) is 12.1 Å². The molecule has 0 atom stereocenters. The van der Waals surface area contributed by atoms with Crippen LogP contribution in [0.5, 0.6) is 5.75 Å². The summed E-state index contributed by atoms with van der Waals surface area (Å²) in [6.07, 6.45) is -4.34. The molecule has 0 spiro atoms. The van der Waals surface area contributed by atoms with Gasteiger partial charge in [-0.15, -0.1) is 0 Å². The Kier molecular flexibility index (Phi) is 5.47. The lowest BCUT2D eigenvalue weighted by molar-refractivity contribution is -0.153. The van der Waals surface area contributed by atoms with Crippen molar-refractivity contribution in [2.75, 3.05) is 25.4 Å². The van der Waals surface area contributed by atoms with Gasteiger partial charge in [-0.05, 0) is 31.3 Å². The molecule has 0 aliphatic heterocycles. The minimum atomic E-state index is -4.34. The molecular weight excluding hydrogens is 257 g/mol. The molecule has 19 heavy (non-hydrogen) atoms. The highest BCUT2D eigenvalue weighted by molar-refractivity contribution is 5.47. The topological polar surface area (TPSA) is 38.5 Å². The van der Waals surface area contributed by atoms with E-state index >= 15 is 0 Å². The molecule has 0 aromatic heterocycles. The molecule has 1 aromatic rings. The number of hydrogen-bond donors (Lipinski definition) is 1. The van der Waals surface area contributed by atoms with Crippen LogP contribution in [0.15, 0.2) is 18.2 Å².